The van der Waals surface area contributed by atoms with E-state index in [0.29, 0.717) is 11.2 Å². The summed E-state index contributed by atoms with van der Waals surface area (Å²) in [6.45, 7) is 0. The average molecular weight is 264 g/mol. The van der Waals surface area contributed by atoms with Gasteiger partial charge in [0.25, 0.3) is 0 Å². The molecule has 0 aliphatic rings. The SMILES string of the molecule is COc1ccc(B(O)O)cc1CSc1ncc[nH]1. The number of rotatable bonds is 5. The number of nitrogens with zero attached hydrogens (tertiary/aromatic N) is 1. The fraction of sp³-hybridized carbons (Fsp3) is 0.182. The molecule has 0 bridgehead atoms. The molecule has 0 atom stereocenters. The maximum Gasteiger partial charge on any atom is 0.488 e. The van der Waals surface area contributed by atoms with Crippen molar-refractivity contribution in [2.24, 2.45) is 0 Å². The zero-order valence-electron chi connectivity index (χ0n) is 9.83. The summed E-state index contributed by atoms with van der Waals surface area (Å²) in [4.78, 5) is 7.11. The molecule has 2 rings (SSSR count). The molecule has 0 saturated carbocycles. The first-order valence-electron chi connectivity index (χ1n) is 5.36. The third kappa shape index (κ3) is 3.07. The topological polar surface area (TPSA) is 78.4 Å². The van der Waals surface area contributed by atoms with Crippen molar-refractivity contribution in [2.45, 2.75) is 10.9 Å². The van der Waals surface area contributed by atoms with Gasteiger partial charge in [0.2, 0.25) is 0 Å². The zero-order chi connectivity index (χ0) is 13.0. The molecular weight excluding hydrogens is 251 g/mol. The number of aromatic nitrogens is 2. The second-order valence-corrected chi connectivity index (χ2v) is 4.59. The Hall–Kier alpha value is -1.44. The molecule has 7 heteroatoms. The number of nitrogens with one attached hydrogen (secondary N) is 1. The van der Waals surface area contributed by atoms with E-state index in [4.69, 9.17) is 14.8 Å². The van der Waals surface area contributed by atoms with Crippen LogP contribution in [0.4, 0.5) is 0 Å². The molecule has 94 valence electrons. The molecule has 1 aromatic carbocycles. The second-order valence-electron chi connectivity index (χ2n) is 3.63. The number of thioether (sulfide) groups is 1. The average Bonchev–Trinajstić information content (AvgIpc) is 2.89. The molecule has 3 N–H and O–H groups in total. The van der Waals surface area contributed by atoms with Gasteiger partial charge in [0.15, 0.2) is 5.16 Å². The molecule has 5 nitrogen and oxygen atoms in total. The van der Waals surface area contributed by atoms with Crippen LogP contribution in [0.3, 0.4) is 0 Å². The van der Waals surface area contributed by atoms with Gasteiger partial charge in [-0.25, -0.2) is 4.98 Å². The van der Waals surface area contributed by atoms with Gasteiger partial charge in [-0.2, -0.15) is 0 Å². The summed E-state index contributed by atoms with van der Waals surface area (Å²) in [5, 5.41) is 19.1. The van der Waals surface area contributed by atoms with Crippen LogP contribution in [0.2, 0.25) is 0 Å². The Morgan fingerprint density at radius 2 is 2.28 bits per heavy atom. The predicted octanol–water partition coefficient (Wildman–Crippen LogP) is 0.390. The molecule has 0 aliphatic carbocycles. The normalized spacial score (nSPS) is 10.4. The van der Waals surface area contributed by atoms with Crippen LogP contribution < -0.4 is 10.2 Å². The van der Waals surface area contributed by atoms with E-state index in [1.807, 2.05) is 0 Å². The van der Waals surface area contributed by atoms with Crippen LogP contribution in [0.15, 0.2) is 35.7 Å². The van der Waals surface area contributed by atoms with Crippen LogP contribution >= 0.6 is 11.8 Å². The van der Waals surface area contributed by atoms with E-state index in [1.54, 1.807) is 37.7 Å². The smallest absolute Gasteiger partial charge is 0.488 e. The summed E-state index contributed by atoms with van der Waals surface area (Å²) in [5.41, 5.74) is 1.34. The monoisotopic (exact) mass is 264 g/mol. The van der Waals surface area contributed by atoms with E-state index in [0.717, 1.165) is 16.5 Å². The van der Waals surface area contributed by atoms with Crippen molar-refractivity contribution in [1.82, 2.24) is 9.97 Å². The van der Waals surface area contributed by atoms with Crippen LogP contribution in [0.1, 0.15) is 5.56 Å². The summed E-state index contributed by atoms with van der Waals surface area (Å²) >= 11 is 1.52. The summed E-state index contributed by atoms with van der Waals surface area (Å²) < 4.78 is 5.24. The van der Waals surface area contributed by atoms with E-state index < -0.39 is 7.12 Å². The minimum absolute atomic E-state index is 0.450. The van der Waals surface area contributed by atoms with Crippen molar-refractivity contribution in [2.75, 3.05) is 7.11 Å². The van der Waals surface area contributed by atoms with Crippen LogP contribution in [-0.2, 0) is 5.75 Å². The Bertz CT molecular complexity index is 505. The third-order valence-electron chi connectivity index (χ3n) is 2.44. The van der Waals surface area contributed by atoms with Gasteiger partial charge >= 0.3 is 7.12 Å². The summed E-state index contributed by atoms with van der Waals surface area (Å²) in [5.74, 6) is 1.36. The molecule has 1 heterocycles. The maximum absolute atomic E-state index is 9.15. The summed E-state index contributed by atoms with van der Waals surface area (Å²) in [6.07, 6.45) is 3.45. The van der Waals surface area contributed by atoms with Crippen LogP contribution in [0.25, 0.3) is 0 Å². The van der Waals surface area contributed by atoms with Crippen molar-refractivity contribution >= 4 is 24.3 Å². The van der Waals surface area contributed by atoms with Gasteiger partial charge in [0.1, 0.15) is 5.75 Å². The molecule has 0 fully saturated rings. The van der Waals surface area contributed by atoms with Gasteiger partial charge < -0.3 is 19.8 Å². The van der Waals surface area contributed by atoms with Crippen LogP contribution in [0.5, 0.6) is 5.75 Å². The molecule has 1 aromatic heterocycles. The molecule has 0 aliphatic heterocycles. The van der Waals surface area contributed by atoms with E-state index >= 15 is 0 Å². The van der Waals surface area contributed by atoms with Crippen LogP contribution in [-0.4, -0.2) is 34.2 Å². The highest BCUT2D eigenvalue weighted by Crippen LogP contribution is 2.25. The fourth-order valence-electron chi connectivity index (χ4n) is 1.55. The number of methoxy groups -OCH3 is 1. The van der Waals surface area contributed by atoms with Crippen molar-refractivity contribution < 1.29 is 14.8 Å². The summed E-state index contributed by atoms with van der Waals surface area (Å²) in [7, 11) is 0.120. The van der Waals surface area contributed by atoms with Crippen molar-refractivity contribution in [3.05, 3.63) is 36.2 Å². The molecule has 2 aromatic rings. The van der Waals surface area contributed by atoms with E-state index in [2.05, 4.69) is 9.97 Å². The number of benzene rings is 1. The molecule has 18 heavy (non-hydrogen) atoms. The quantitative estimate of drug-likeness (QED) is 0.538. The number of imidazole rings is 1. The van der Waals surface area contributed by atoms with Gasteiger partial charge in [0.05, 0.1) is 7.11 Å². The lowest BCUT2D eigenvalue weighted by Gasteiger charge is -2.09. The highest BCUT2D eigenvalue weighted by molar-refractivity contribution is 7.98. The van der Waals surface area contributed by atoms with Gasteiger partial charge in [-0.1, -0.05) is 23.9 Å². The lowest BCUT2D eigenvalue weighted by atomic mass is 9.79. The third-order valence-corrected chi connectivity index (χ3v) is 3.39. The number of hydrogen-bond acceptors (Lipinski definition) is 5. The molecule has 0 radical (unpaired) electrons. The van der Waals surface area contributed by atoms with Crippen molar-refractivity contribution in [3.63, 3.8) is 0 Å². The molecule has 0 spiro atoms. The molecule has 0 amide bonds. The molecule has 0 saturated heterocycles. The minimum Gasteiger partial charge on any atom is -0.496 e. The van der Waals surface area contributed by atoms with Crippen molar-refractivity contribution in [1.29, 1.82) is 0 Å². The standard InChI is InChI=1S/C11H13BN2O3S/c1-17-10-3-2-9(12(15)16)6-8(10)7-18-11-13-4-5-14-11/h2-6,15-16H,7H2,1H3,(H,13,14). The lowest BCUT2D eigenvalue weighted by molar-refractivity contribution is 0.410. The molecule has 0 unspecified atom stereocenters. The maximum atomic E-state index is 9.15. The summed E-state index contributed by atoms with van der Waals surface area (Å²) in [6, 6.07) is 5.08. The number of aromatic amines is 1. The first-order chi connectivity index (χ1) is 8.70. The Kier molecular flexibility index (Phi) is 4.30. The Labute approximate surface area is 109 Å². The lowest BCUT2D eigenvalue weighted by Crippen LogP contribution is -2.30. The van der Waals surface area contributed by atoms with Gasteiger partial charge in [-0.15, -0.1) is 0 Å². The second kappa shape index (κ2) is 5.95. The number of ether oxygens (including phenoxy) is 1. The largest absolute Gasteiger partial charge is 0.496 e. The van der Waals surface area contributed by atoms with E-state index in [-0.39, 0.29) is 0 Å². The highest BCUT2D eigenvalue weighted by Gasteiger charge is 2.14. The van der Waals surface area contributed by atoms with Crippen LogP contribution in [0, 0.1) is 0 Å². The van der Waals surface area contributed by atoms with Gasteiger partial charge in [-0.05, 0) is 11.5 Å². The van der Waals surface area contributed by atoms with Gasteiger partial charge in [0, 0.05) is 23.7 Å². The molecular formula is C11H13BN2O3S. The predicted molar refractivity (Wildman–Crippen MR) is 71.0 cm³/mol. The van der Waals surface area contributed by atoms with Gasteiger partial charge in [-0.3, -0.25) is 0 Å². The van der Waals surface area contributed by atoms with E-state index in [9.17, 15) is 0 Å². The first kappa shape index (κ1) is 13.0. The zero-order valence-corrected chi connectivity index (χ0v) is 10.6. The first-order valence-corrected chi connectivity index (χ1v) is 6.34. The Balaban J connectivity index is 2.16. The van der Waals surface area contributed by atoms with Crippen molar-refractivity contribution in [3.8, 4) is 5.75 Å². The Morgan fingerprint density at radius 3 is 2.89 bits per heavy atom. The minimum atomic E-state index is -1.47. The highest BCUT2D eigenvalue weighted by atomic mass is 32.2. The number of hydrogen-bond donors (Lipinski definition) is 3. The fourth-order valence-corrected chi connectivity index (χ4v) is 2.35. The Morgan fingerprint density at radius 1 is 1.44 bits per heavy atom. The van der Waals surface area contributed by atoms with E-state index in [1.165, 1.54) is 11.8 Å². The number of H-pyrrole nitrogens is 1.